The van der Waals surface area contributed by atoms with Crippen molar-refractivity contribution in [3.8, 4) is 0 Å². The molecular weight excluding hydrogens is 302 g/mol. The van der Waals surface area contributed by atoms with E-state index in [9.17, 15) is 0 Å². The predicted octanol–water partition coefficient (Wildman–Crippen LogP) is 3.38. The molecule has 0 amide bonds. The van der Waals surface area contributed by atoms with Gasteiger partial charge in [0.1, 0.15) is 0 Å². The zero-order valence-corrected chi connectivity index (χ0v) is 13.2. The molecule has 1 heterocycles. The van der Waals surface area contributed by atoms with Crippen LogP contribution in [0.3, 0.4) is 0 Å². The average molecular weight is 322 g/mol. The summed E-state index contributed by atoms with van der Waals surface area (Å²) >= 11 is 3.57. The van der Waals surface area contributed by atoms with E-state index in [4.69, 9.17) is 0 Å². The van der Waals surface area contributed by atoms with Crippen LogP contribution in [0.2, 0.25) is 0 Å². The highest BCUT2D eigenvalue weighted by atomic mass is 79.9. The molecule has 1 aromatic carbocycles. The number of nitrogens with zero attached hydrogens (tertiary/aromatic N) is 2. The number of hydrogen-bond acceptors (Lipinski definition) is 2. The monoisotopic (exact) mass is 321 g/mol. The lowest BCUT2D eigenvalue weighted by atomic mass is 9.99. The van der Waals surface area contributed by atoms with Gasteiger partial charge >= 0.3 is 0 Å². The van der Waals surface area contributed by atoms with Crippen LogP contribution in [0.25, 0.3) is 0 Å². The predicted molar refractivity (Wildman–Crippen MR) is 82.2 cm³/mol. The van der Waals surface area contributed by atoms with Crippen LogP contribution in [0.15, 0.2) is 34.9 Å². The molecule has 0 saturated carbocycles. The van der Waals surface area contributed by atoms with E-state index in [0.717, 1.165) is 17.3 Å². The van der Waals surface area contributed by atoms with E-state index in [-0.39, 0.29) is 0 Å². The van der Waals surface area contributed by atoms with Gasteiger partial charge < -0.3 is 5.32 Å². The Kier molecular flexibility index (Phi) is 4.77. The Labute approximate surface area is 123 Å². The molecule has 0 radical (unpaired) electrons. The molecule has 2 aromatic rings. The van der Waals surface area contributed by atoms with E-state index in [1.54, 1.807) is 0 Å². The van der Waals surface area contributed by atoms with Gasteiger partial charge in [0.05, 0.1) is 0 Å². The van der Waals surface area contributed by atoms with Crippen molar-refractivity contribution in [1.82, 2.24) is 15.1 Å². The summed E-state index contributed by atoms with van der Waals surface area (Å²) in [6.07, 6.45) is 3.94. The molecule has 0 bridgehead atoms. The molecule has 0 fully saturated rings. The summed E-state index contributed by atoms with van der Waals surface area (Å²) in [7, 11) is 4.01. The van der Waals surface area contributed by atoms with Gasteiger partial charge in [-0.25, -0.2) is 0 Å². The zero-order valence-electron chi connectivity index (χ0n) is 11.7. The minimum atomic E-state index is 0.367. The smallest absolute Gasteiger partial charge is 0.0492 e. The molecule has 1 aromatic heterocycles. The van der Waals surface area contributed by atoms with Crippen molar-refractivity contribution in [2.75, 3.05) is 7.05 Å². The fourth-order valence-electron chi connectivity index (χ4n) is 2.38. The molecule has 0 aliphatic rings. The van der Waals surface area contributed by atoms with Crippen molar-refractivity contribution in [2.45, 2.75) is 25.8 Å². The summed E-state index contributed by atoms with van der Waals surface area (Å²) in [6.45, 7) is 2.13. The molecule has 0 aliphatic carbocycles. The van der Waals surface area contributed by atoms with Crippen LogP contribution in [0.5, 0.6) is 0 Å². The fraction of sp³-hybridized carbons (Fsp3) is 0.400. The Hall–Kier alpha value is -1.13. The molecule has 4 heteroatoms. The van der Waals surface area contributed by atoms with Crippen LogP contribution < -0.4 is 5.32 Å². The van der Waals surface area contributed by atoms with Crippen molar-refractivity contribution < 1.29 is 0 Å². The molecule has 2 rings (SSSR count). The number of aromatic nitrogens is 2. The van der Waals surface area contributed by atoms with Crippen molar-refractivity contribution in [3.05, 3.63) is 51.8 Å². The maximum absolute atomic E-state index is 4.21. The van der Waals surface area contributed by atoms with Crippen molar-refractivity contribution in [1.29, 1.82) is 0 Å². The third kappa shape index (κ3) is 3.67. The number of hydrogen-bond donors (Lipinski definition) is 1. The molecule has 1 N–H and O–H groups in total. The van der Waals surface area contributed by atoms with Gasteiger partial charge in [-0.05, 0) is 56.1 Å². The first kappa shape index (κ1) is 14.3. The minimum Gasteiger partial charge on any atom is -0.313 e. The van der Waals surface area contributed by atoms with Crippen LogP contribution >= 0.6 is 15.9 Å². The first-order valence-electron chi connectivity index (χ1n) is 6.51. The van der Waals surface area contributed by atoms with E-state index in [1.807, 2.05) is 25.0 Å². The van der Waals surface area contributed by atoms with Gasteiger partial charge in [0.2, 0.25) is 0 Å². The largest absolute Gasteiger partial charge is 0.313 e. The number of halogens is 1. The summed E-state index contributed by atoms with van der Waals surface area (Å²) in [5.41, 5.74) is 3.88. The zero-order chi connectivity index (χ0) is 13.8. The maximum Gasteiger partial charge on any atom is 0.0492 e. The number of nitrogens with one attached hydrogen (secondary N) is 1. The highest BCUT2D eigenvalue weighted by molar-refractivity contribution is 9.10. The van der Waals surface area contributed by atoms with Crippen molar-refractivity contribution >= 4 is 15.9 Å². The van der Waals surface area contributed by atoms with E-state index in [0.29, 0.717) is 6.04 Å². The summed E-state index contributed by atoms with van der Waals surface area (Å²) in [4.78, 5) is 0. The standard InChI is InChI=1S/C15H20BrN3/c1-11-8-12(10-13(16)9-11)15(17-2)5-4-14-6-7-18-19(14)3/h6-10,15,17H,4-5H2,1-3H3. The fourth-order valence-corrected chi connectivity index (χ4v) is 3.01. The summed E-state index contributed by atoms with van der Waals surface area (Å²) in [6, 6.07) is 9.02. The second-order valence-corrected chi connectivity index (χ2v) is 5.80. The van der Waals surface area contributed by atoms with Crippen molar-refractivity contribution in [2.24, 2.45) is 7.05 Å². The molecule has 1 atom stereocenters. The SMILES string of the molecule is CNC(CCc1ccnn1C)c1cc(C)cc(Br)c1. The highest BCUT2D eigenvalue weighted by Crippen LogP contribution is 2.23. The maximum atomic E-state index is 4.21. The van der Waals surface area contributed by atoms with Crippen LogP contribution in [0.1, 0.15) is 29.3 Å². The first-order valence-corrected chi connectivity index (χ1v) is 7.30. The Morgan fingerprint density at radius 2 is 2.16 bits per heavy atom. The number of aryl methyl sites for hydroxylation is 3. The molecule has 1 unspecified atom stereocenters. The average Bonchev–Trinajstić information content (AvgIpc) is 2.75. The second kappa shape index (κ2) is 6.35. The Morgan fingerprint density at radius 3 is 2.74 bits per heavy atom. The van der Waals surface area contributed by atoms with Gasteiger partial charge in [-0.15, -0.1) is 0 Å². The van der Waals surface area contributed by atoms with Crippen molar-refractivity contribution in [3.63, 3.8) is 0 Å². The Bertz CT molecular complexity index is 528. The molecule has 19 heavy (non-hydrogen) atoms. The van der Waals surface area contributed by atoms with Crippen LogP contribution in [-0.2, 0) is 13.5 Å². The minimum absolute atomic E-state index is 0.367. The van der Waals surface area contributed by atoms with E-state index in [1.165, 1.54) is 16.8 Å². The number of rotatable bonds is 5. The Balaban J connectivity index is 2.09. The van der Waals surface area contributed by atoms with Gasteiger partial charge in [0, 0.05) is 29.5 Å². The second-order valence-electron chi connectivity index (χ2n) is 4.89. The van der Waals surface area contributed by atoms with Crippen LogP contribution in [0.4, 0.5) is 0 Å². The van der Waals surface area contributed by atoms with Gasteiger partial charge in [-0.3, -0.25) is 4.68 Å². The molecule has 0 spiro atoms. The van der Waals surface area contributed by atoms with E-state index in [2.05, 4.69) is 57.5 Å². The van der Waals surface area contributed by atoms with Gasteiger partial charge in [0.15, 0.2) is 0 Å². The lowest BCUT2D eigenvalue weighted by molar-refractivity contribution is 0.535. The normalized spacial score (nSPS) is 12.6. The van der Waals surface area contributed by atoms with Gasteiger partial charge in [-0.2, -0.15) is 5.10 Å². The summed E-state index contributed by atoms with van der Waals surface area (Å²) in [5, 5.41) is 7.61. The van der Waals surface area contributed by atoms with Crippen LogP contribution in [-0.4, -0.2) is 16.8 Å². The third-order valence-corrected chi connectivity index (χ3v) is 3.88. The molecule has 0 saturated heterocycles. The lowest BCUT2D eigenvalue weighted by Crippen LogP contribution is -2.17. The highest BCUT2D eigenvalue weighted by Gasteiger charge is 2.11. The molecule has 102 valence electrons. The van der Waals surface area contributed by atoms with E-state index < -0.39 is 0 Å². The summed E-state index contributed by atoms with van der Waals surface area (Å²) in [5.74, 6) is 0. The van der Waals surface area contributed by atoms with E-state index >= 15 is 0 Å². The molecule has 0 aliphatic heterocycles. The lowest BCUT2D eigenvalue weighted by Gasteiger charge is -2.17. The molecular formula is C15H20BrN3. The Morgan fingerprint density at radius 1 is 1.37 bits per heavy atom. The van der Waals surface area contributed by atoms with Crippen LogP contribution in [0, 0.1) is 6.92 Å². The topological polar surface area (TPSA) is 29.9 Å². The first-order chi connectivity index (χ1) is 9.10. The quantitative estimate of drug-likeness (QED) is 0.914. The number of benzene rings is 1. The van der Waals surface area contributed by atoms with Gasteiger partial charge in [-0.1, -0.05) is 22.0 Å². The third-order valence-electron chi connectivity index (χ3n) is 3.43. The van der Waals surface area contributed by atoms with Gasteiger partial charge in [0.25, 0.3) is 0 Å². The molecule has 3 nitrogen and oxygen atoms in total. The summed E-state index contributed by atoms with van der Waals surface area (Å²) < 4.78 is 3.09.